The lowest BCUT2D eigenvalue weighted by molar-refractivity contribution is 0.0694. The van der Waals surface area contributed by atoms with Crippen molar-refractivity contribution in [3.05, 3.63) is 23.8 Å². The number of carboxylic acids is 1. The van der Waals surface area contributed by atoms with Crippen LogP contribution in [0.3, 0.4) is 0 Å². The summed E-state index contributed by atoms with van der Waals surface area (Å²) in [4.78, 5) is 10.8. The van der Waals surface area contributed by atoms with Crippen LogP contribution >= 0.6 is 0 Å². The first kappa shape index (κ1) is 12.3. The van der Waals surface area contributed by atoms with E-state index in [-0.39, 0.29) is 11.7 Å². The number of hydrogen-bond donors (Lipinski definition) is 2. The second-order valence-electron chi connectivity index (χ2n) is 3.44. The lowest BCUT2D eigenvalue weighted by atomic mass is 10.2. The number of anilines is 1. The molecule has 0 saturated heterocycles. The highest BCUT2D eigenvalue weighted by Crippen LogP contribution is 2.23. The molecule has 0 spiro atoms. The van der Waals surface area contributed by atoms with Gasteiger partial charge in [0.15, 0.2) is 0 Å². The van der Waals surface area contributed by atoms with Gasteiger partial charge in [0.1, 0.15) is 11.9 Å². The molecule has 1 aromatic carbocycles. The molecule has 0 aliphatic heterocycles. The Morgan fingerprint density at radius 3 is 2.81 bits per heavy atom. The third-order valence-corrected chi connectivity index (χ3v) is 1.99. The van der Waals surface area contributed by atoms with Gasteiger partial charge in [-0.3, -0.25) is 0 Å². The van der Waals surface area contributed by atoms with Crippen molar-refractivity contribution in [2.75, 3.05) is 19.5 Å². The van der Waals surface area contributed by atoms with E-state index in [4.69, 9.17) is 20.3 Å². The Bertz CT molecular complexity index is 378. The SMILES string of the molecule is COCC(C)Oc1cc(C(=O)O)ccc1N. The zero-order valence-electron chi connectivity index (χ0n) is 9.27. The average Bonchev–Trinajstić information content (AvgIpc) is 2.21. The molecule has 0 fully saturated rings. The Hall–Kier alpha value is -1.75. The van der Waals surface area contributed by atoms with E-state index in [0.717, 1.165) is 0 Å². The predicted octanol–water partition coefficient (Wildman–Crippen LogP) is 1.38. The van der Waals surface area contributed by atoms with Gasteiger partial charge < -0.3 is 20.3 Å². The highest BCUT2D eigenvalue weighted by molar-refractivity contribution is 5.89. The van der Waals surface area contributed by atoms with Gasteiger partial charge in [-0.15, -0.1) is 0 Å². The number of rotatable bonds is 5. The molecule has 16 heavy (non-hydrogen) atoms. The first-order valence-electron chi connectivity index (χ1n) is 4.83. The first-order chi connectivity index (χ1) is 7.54. The summed E-state index contributed by atoms with van der Waals surface area (Å²) in [5.74, 6) is -0.645. The van der Waals surface area contributed by atoms with Crippen LogP contribution in [0.25, 0.3) is 0 Å². The third-order valence-electron chi connectivity index (χ3n) is 1.99. The van der Waals surface area contributed by atoms with Gasteiger partial charge in [0.25, 0.3) is 0 Å². The molecule has 0 radical (unpaired) electrons. The van der Waals surface area contributed by atoms with Crippen LogP contribution in [-0.2, 0) is 4.74 Å². The maximum atomic E-state index is 10.8. The molecule has 0 saturated carbocycles. The summed E-state index contributed by atoms with van der Waals surface area (Å²) >= 11 is 0. The van der Waals surface area contributed by atoms with Crippen LogP contribution in [-0.4, -0.2) is 30.9 Å². The van der Waals surface area contributed by atoms with E-state index in [9.17, 15) is 4.79 Å². The fourth-order valence-electron chi connectivity index (χ4n) is 1.25. The summed E-state index contributed by atoms with van der Waals surface area (Å²) in [6, 6.07) is 4.35. The number of nitrogens with two attached hydrogens (primary N) is 1. The topological polar surface area (TPSA) is 81.8 Å². The number of carbonyl (C=O) groups is 1. The quantitative estimate of drug-likeness (QED) is 0.740. The van der Waals surface area contributed by atoms with Crippen molar-refractivity contribution in [3.8, 4) is 5.75 Å². The van der Waals surface area contributed by atoms with Gasteiger partial charge in [0, 0.05) is 7.11 Å². The maximum Gasteiger partial charge on any atom is 0.335 e. The van der Waals surface area contributed by atoms with Crippen molar-refractivity contribution in [1.29, 1.82) is 0 Å². The molecule has 5 heteroatoms. The van der Waals surface area contributed by atoms with Crippen LogP contribution in [0, 0.1) is 0 Å². The van der Waals surface area contributed by atoms with E-state index in [0.29, 0.717) is 18.0 Å². The van der Waals surface area contributed by atoms with E-state index in [2.05, 4.69) is 0 Å². The summed E-state index contributed by atoms with van der Waals surface area (Å²) < 4.78 is 10.4. The molecule has 5 nitrogen and oxygen atoms in total. The van der Waals surface area contributed by atoms with Crippen LogP contribution in [0.2, 0.25) is 0 Å². The number of hydrogen-bond acceptors (Lipinski definition) is 4. The Kier molecular flexibility index (Phi) is 4.13. The second-order valence-corrected chi connectivity index (χ2v) is 3.44. The minimum absolute atomic E-state index is 0.147. The zero-order chi connectivity index (χ0) is 12.1. The largest absolute Gasteiger partial charge is 0.486 e. The van der Waals surface area contributed by atoms with Crippen molar-refractivity contribution in [3.63, 3.8) is 0 Å². The first-order valence-corrected chi connectivity index (χ1v) is 4.83. The van der Waals surface area contributed by atoms with Gasteiger partial charge in [0.2, 0.25) is 0 Å². The number of aromatic carboxylic acids is 1. The molecule has 0 bridgehead atoms. The van der Waals surface area contributed by atoms with Gasteiger partial charge in [-0.05, 0) is 25.1 Å². The average molecular weight is 225 g/mol. The number of carboxylic acid groups (broad SMARTS) is 1. The Balaban J connectivity index is 2.85. The van der Waals surface area contributed by atoms with E-state index in [1.165, 1.54) is 18.2 Å². The van der Waals surface area contributed by atoms with Gasteiger partial charge in [-0.25, -0.2) is 4.79 Å². The molecular weight excluding hydrogens is 210 g/mol. The molecule has 0 aliphatic carbocycles. The van der Waals surface area contributed by atoms with E-state index >= 15 is 0 Å². The minimum Gasteiger partial charge on any atom is -0.486 e. The molecule has 1 aromatic rings. The Labute approximate surface area is 93.8 Å². The molecule has 3 N–H and O–H groups in total. The highest BCUT2D eigenvalue weighted by Gasteiger charge is 2.10. The van der Waals surface area contributed by atoms with Gasteiger partial charge in [0.05, 0.1) is 17.9 Å². The molecule has 1 atom stereocenters. The molecule has 88 valence electrons. The van der Waals surface area contributed by atoms with E-state index in [1.54, 1.807) is 7.11 Å². The molecule has 0 heterocycles. The normalized spacial score (nSPS) is 12.1. The Morgan fingerprint density at radius 2 is 2.25 bits per heavy atom. The standard InChI is InChI=1S/C11H15NO4/c1-7(6-15-2)16-10-5-8(11(13)14)3-4-9(10)12/h3-5,7H,6,12H2,1-2H3,(H,13,14). The summed E-state index contributed by atoms with van der Waals surface area (Å²) in [6.07, 6.45) is -0.184. The number of methoxy groups -OCH3 is 1. The fourth-order valence-corrected chi connectivity index (χ4v) is 1.25. The second kappa shape index (κ2) is 5.37. The smallest absolute Gasteiger partial charge is 0.335 e. The zero-order valence-corrected chi connectivity index (χ0v) is 9.27. The van der Waals surface area contributed by atoms with Gasteiger partial charge in [-0.1, -0.05) is 0 Å². The summed E-state index contributed by atoms with van der Waals surface area (Å²) in [5.41, 5.74) is 6.23. The summed E-state index contributed by atoms with van der Waals surface area (Å²) in [5, 5.41) is 8.82. The number of ether oxygens (including phenoxy) is 2. The van der Waals surface area contributed by atoms with Crippen molar-refractivity contribution in [2.45, 2.75) is 13.0 Å². The summed E-state index contributed by atoms with van der Waals surface area (Å²) in [7, 11) is 1.57. The van der Waals surface area contributed by atoms with Crippen molar-refractivity contribution in [1.82, 2.24) is 0 Å². The maximum absolute atomic E-state index is 10.8. The number of nitrogen functional groups attached to an aromatic ring is 1. The van der Waals surface area contributed by atoms with Crippen LogP contribution in [0.5, 0.6) is 5.75 Å². The van der Waals surface area contributed by atoms with Crippen molar-refractivity contribution < 1.29 is 19.4 Å². The van der Waals surface area contributed by atoms with Crippen LogP contribution in [0.1, 0.15) is 17.3 Å². The molecule has 1 unspecified atom stereocenters. The lowest BCUT2D eigenvalue weighted by Gasteiger charge is -2.15. The fraction of sp³-hybridized carbons (Fsp3) is 0.364. The monoisotopic (exact) mass is 225 g/mol. The molecule has 0 aromatic heterocycles. The Morgan fingerprint density at radius 1 is 1.56 bits per heavy atom. The van der Waals surface area contributed by atoms with Crippen LogP contribution < -0.4 is 10.5 Å². The molecule has 0 aliphatic rings. The van der Waals surface area contributed by atoms with E-state index < -0.39 is 5.97 Å². The minimum atomic E-state index is -1.01. The molecule has 0 amide bonds. The van der Waals surface area contributed by atoms with Crippen molar-refractivity contribution >= 4 is 11.7 Å². The van der Waals surface area contributed by atoms with E-state index in [1.807, 2.05) is 6.92 Å². The van der Waals surface area contributed by atoms with Gasteiger partial charge >= 0.3 is 5.97 Å². The number of benzene rings is 1. The van der Waals surface area contributed by atoms with Gasteiger partial charge in [-0.2, -0.15) is 0 Å². The predicted molar refractivity (Wildman–Crippen MR) is 59.8 cm³/mol. The molecule has 1 rings (SSSR count). The molecular formula is C11H15NO4. The summed E-state index contributed by atoms with van der Waals surface area (Å²) in [6.45, 7) is 2.23. The third kappa shape index (κ3) is 3.13. The van der Waals surface area contributed by atoms with Crippen molar-refractivity contribution in [2.24, 2.45) is 0 Å². The van der Waals surface area contributed by atoms with Crippen LogP contribution in [0.15, 0.2) is 18.2 Å². The highest BCUT2D eigenvalue weighted by atomic mass is 16.5. The van der Waals surface area contributed by atoms with Crippen LogP contribution in [0.4, 0.5) is 5.69 Å². The lowest BCUT2D eigenvalue weighted by Crippen LogP contribution is -2.18.